The van der Waals surface area contributed by atoms with Crippen LogP contribution in [0.3, 0.4) is 0 Å². The molecule has 1 aliphatic rings. The van der Waals surface area contributed by atoms with Crippen molar-refractivity contribution in [2.45, 2.75) is 44.2 Å². The highest BCUT2D eigenvalue weighted by molar-refractivity contribution is 5.31. The molecule has 0 saturated carbocycles. The summed E-state index contributed by atoms with van der Waals surface area (Å²) in [5, 5.41) is 0. The molecule has 0 spiro atoms. The van der Waals surface area contributed by atoms with E-state index < -0.39 is 0 Å². The van der Waals surface area contributed by atoms with Crippen LogP contribution in [0.1, 0.15) is 28.4 Å². The van der Waals surface area contributed by atoms with Gasteiger partial charge in [-0.25, -0.2) is 4.98 Å². The van der Waals surface area contributed by atoms with Gasteiger partial charge >= 0.3 is 0 Å². The third-order valence-electron chi connectivity index (χ3n) is 6.41. The molecular weight excluding hydrogens is 464 g/mol. The maximum atomic E-state index is 6.57. The van der Waals surface area contributed by atoms with Gasteiger partial charge in [-0.05, 0) is 22.8 Å². The fourth-order valence-electron chi connectivity index (χ4n) is 4.50. The van der Waals surface area contributed by atoms with Gasteiger partial charge in [-0.15, -0.1) is 0 Å². The molecule has 0 bridgehead atoms. The van der Waals surface area contributed by atoms with Gasteiger partial charge in [-0.2, -0.15) is 0 Å². The van der Waals surface area contributed by atoms with E-state index in [9.17, 15) is 0 Å². The number of hydrogen-bond acceptors (Lipinski definition) is 6. The minimum atomic E-state index is -0.372. The van der Waals surface area contributed by atoms with Gasteiger partial charge in [-0.1, -0.05) is 97.1 Å². The van der Waals surface area contributed by atoms with E-state index in [1.165, 1.54) is 0 Å². The smallest absolute Gasteiger partial charge is 0.123 e. The van der Waals surface area contributed by atoms with Crippen molar-refractivity contribution < 1.29 is 18.9 Å². The Kier molecular flexibility index (Phi) is 8.56. The van der Waals surface area contributed by atoms with Crippen LogP contribution < -0.4 is 5.73 Å². The first-order valence-corrected chi connectivity index (χ1v) is 12.6. The minimum Gasteiger partial charge on any atom is -0.384 e. The zero-order valence-electron chi connectivity index (χ0n) is 20.7. The second-order valence-corrected chi connectivity index (χ2v) is 9.13. The second kappa shape index (κ2) is 12.6. The first-order valence-electron chi connectivity index (χ1n) is 12.6. The van der Waals surface area contributed by atoms with E-state index in [0.29, 0.717) is 32.2 Å². The van der Waals surface area contributed by atoms with Crippen LogP contribution in [0.25, 0.3) is 0 Å². The normalized spacial score (nSPS) is 21.2. The number of pyridine rings is 1. The maximum Gasteiger partial charge on any atom is 0.123 e. The number of hydrogen-bond donors (Lipinski definition) is 1. The quantitative estimate of drug-likeness (QED) is 0.296. The predicted molar refractivity (Wildman–Crippen MR) is 142 cm³/mol. The Morgan fingerprint density at radius 3 is 1.73 bits per heavy atom. The molecule has 37 heavy (non-hydrogen) atoms. The van der Waals surface area contributed by atoms with Crippen LogP contribution in [0, 0.1) is 0 Å². The van der Waals surface area contributed by atoms with E-state index in [1.807, 2.05) is 72.8 Å². The summed E-state index contributed by atoms with van der Waals surface area (Å²) < 4.78 is 25.7. The van der Waals surface area contributed by atoms with E-state index in [1.54, 1.807) is 12.3 Å². The molecule has 4 atom stereocenters. The van der Waals surface area contributed by atoms with Crippen molar-refractivity contribution in [1.82, 2.24) is 4.98 Å². The van der Waals surface area contributed by atoms with Gasteiger partial charge in [0, 0.05) is 11.8 Å². The van der Waals surface area contributed by atoms with Gasteiger partial charge in [-0.3, -0.25) is 0 Å². The Bertz CT molecular complexity index is 1210. The summed E-state index contributed by atoms with van der Waals surface area (Å²) >= 11 is 0. The van der Waals surface area contributed by atoms with Gasteiger partial charge in [0.05, 0.1) is 26.4 Å². The average Bonchev–Trinajstić information content (AvgIpc) is 3.30. The van der Waals surface area contributed by atoms with Crippen molar-refractivity contribution in [1.29, 1.82) is 0 Å². The molecule has 1 aromatic heterocycles. The third kappa shape index (κ3) is 6.81. The number of rotatable bonds is 11. The molecule has 190 valence electrons. The Balaban J connectivity index is 1.37. The van der Waals surface area contributed by atoms with Crippen LogP contribution in [0.2, 0.25) is 0 Å². The van der Waals surface area contributed by atoms with Crippen molar-refractivity contribution in [3.63, 3.8) is 0 Å². The molecule has 1 fully saturated rings. The lowest BCUT2D eigenvalue weighted by molar-refractivity contribution is -0.0898. The number of anilines is 1. The fourth-order valence-corrected chi connectivity index (χ4v) is 4.50. The molecule has 3 aromatic carbocycles. The molecule has 2 N–H and O–H groups in total. The van der Waals surface area contributed by atoms with Gasteiger partial charge < -0.3 is 24.7 Å². The molecule has 4 aromatic rings. The first kappa shape index (κ1) is 25.1. The number of nitrogen functional groups attached to an aromatic ring is 1. The molecule has 6 nitrogen and oxygen atoms in total. The lowest BCUT2D eigenvalue weighted by Crippen LogP contribution is -2.37. The molecule has 1 aliphatic heterocycles. The molecule has 0 radical (unpaired) electrons. The third-order valence-corrected chi connectivity index (χ3v) is 6.41. The Labute approximate surface area is 218 Å². The molecule has 5 rings (SSSR count). The van der Waals surface area contributed by atoms with Crippen molar-refractivity contribution in [3.8, 4) is 0 Å². The van der Waals surface area contributed by atoms with Gasteiger partial charge in [0.2, 0.25) is 0 Å². The highest BCUT2D eigenvalue weighted by Gasteiger charge is 2.47. The van der Waals surface area contributed by atoms with Crippen molar-refractivity contribution >= 4 is 5.82 Å². The van der Waals surface area contributed by atoms with Gasteiger partial charge in [0.15, 0.2) is 0 Å². The number of nitrogens with zero attached hydrogens (tertiary/aromatic N) is 1. The van der Waals surface area contributed by atoms with E-state index >= 15 is 0 Å². The van der Waals surface area contributed by atoms with E-state index in [2.05, 4.69) is 29.2 Å². The monoisotopic (exact) mass is 496 g/mol. The zero-order chi connectivity index (χ0) is 25.3. The SMILES string of the molecule is Nc1ccc([C@@H]2O[C@H](COCc3ccccc3)[C@@H](OCc3ccccc3)[C@H]2OCc2ccccc2)cn1. The van der Waals surface area contributed by atoms with Gasteiger partial charge in [0.25, 0.3) is 0 Å². The number of aromatic nitrogens is 1. The summed E-state index contributed by atoms with van der Waals surface area (Å²) in [6.45, 7) is 1.76. The second-order valence-electron chi connectivity index (χ2n) is 9.13. The highest BCUT2D eigenvalue weighted by atomic mass is 16.6. The number of ether oxygens (including phenoxy) is 4. The summed E-state index contributed by atoms with van der Waals surface area (Å²) in [7, 11) is 0. The van der Waals surface area contributed by atoms with Crippen LogP contribution in [0.5, 0.6) is 0 Å². The summed E-state index contributed by atoms with van der Waals surface area (Å²) in [4.78, 5) is 4.29. The number of benzene rings is 3. The standard InChI is InChI=1S/C31H32N2O4/c32-28-17-16-26(18-33-28)29-31(36-21-25-14-8-3-9-15-25)30(35-20-24-12-6-2-7-13-24)27(37-29)22-34-19-23-10-4-1-5-11-23/h1-18,27,29-31H,19-22H2,(H2,32,33)/t27-,29+,30-,31+/m1/s1. The molecule has 0 amide bonds. The Hall–Kier alpha value is -3.55. The van der Waals surface area contributed by atoms with Crippen molar-refractivity contribution in [3.05, 3.63) is 132 Å². The van der Waals surface area contributed by atoms with Crippen LogP contribution in [-0.4, -0.2) is 29.9 Å². The molecule has 6 heteroatoms. The minimum absolute atomic E-state index is 0.323. The van der Waals surface area contributed by atoms with Crippen LogP contribution in [0.15, 0.2) is 109 Å². The largest absolute Gasteiger partial charge is 0.384 e. The average molecular weight is 497 g/mol. The summed E-state index contributed by atoms with van der Waals surface area (Å²) in [5.74, 6) is 0.461. The summed E-state index contributed by atoms with van der Waals surface area (Å²) in [5.41, 5.74) is 10.0. The number of nitrogens with two attached hydrogens (primary N) is 1. The Morgan fingerprint density at radius 1 is 0.649 bits per heavy atom. The lowest BCUT2D eigenvalue weighted by atomic mass is 10.0. The lowest BCUT2D eigenvalue weighted by Gasteiger charge is -2.25. The zero-order valence-corrected chi connectivity index (χ0v) is 20.7. The van der Waals surface area contributed by atoms with E-state index in [4.69, 9.17) is 24.7 Å². The molecule has 2 heterocycles. The van der Waals surface area contributed by atoms with E-state index in [0.717, 1.165) is 22.3 Å². The molecule has 1 saturated heterocycles. The van der Waals surface area contributed by atoms with Crippen molar-refractivity contribution in [2.75, 3.05) is 12.3 Å². The maximum absolute atomic E-state index is 6.57. The van der Waals surface area contributed by atoms with Crippen LogP contribution in [-0.2, 0) is 38.8 Å². The Morgan fingerprint density at radius 2 is 1.19 bits per heavy atom. The molecule has 0 unspecified atom stereocenters. The first-order chi connectivity index (χ1) is 18.3. The summed E-state index contributed by atoms with van der Waals surface area (Å²) in [6.07, 6.45) is 0.348. The predicted octanol–water partition coefficient (Wildman–Crippen LogP) is 5.49. The fraction of sp³-hybridized carbons (Fsp3) is 0.258. The molecular formula is C31H32N2O4. The van der Waals surface area contributed by atoms with Crippen LogP contribution >= 0.6 is 0 Å². The molecule has 0 aliphatic carbocycles. The van der Waals surface area contributed by atoms with Gasteiger partial charge in [0.1, 0.15) is 30.2 Å². The van der Waals surface area contributed by atoms with Crippen molar-refractivity contribution in [2.24, 2.45) is 0 Å². The van der Waals surface area contributed by atoms with E-state index in [-0.39, 0.29) is 24.4 Å². The van der Waals surface area contributed by atoms with Crippen LogP contribution in [0.4, 0.5) is 5.82 Å². The summed E-state index contributed by atoms with van der Waals surface area (Å²) in [6, 6.07) is 34.1. The highest BCUT2D eigenvalue weighted by Crippen LogP contribution is 2.38. The topological polar surface area (TPSA) is 75.8 Å².